The Balaban J connectivity index is 1.63. The Morgan fingerprint density at radius 2 is 1.84 bits per heavy atom. The van der Waals surface area contributed by atoms with Gasteiger partial charge in [-0.2, -0.15) is 0 Å². The summed E-state index contributed by atoms with van der Waals surface area (Å²) in [7, 11) is 2.09. The van der Waals surface area contributed by atoms with Gasteiger partial charge in [-0.1, -0.05) is 45.0 Å². The zero-order valence-corrected chi connectivity index (χ0v) is 15.5. The number of nitrogens with one attached hydrogen (secondary N) is 1. The van der Waals surface area contributed by atoms with Gasteiger partial charge >= 0.3 is 0 Å². The van der Waals surface area contributed by atoms with Gasteiger partial charge in [0.1, 0.15) is 0 Å². The van der Waals surface area contributed by atoms with Crippen LogP contribution in [0.3, 0.4) is 0 Å². The summed E-state index contributed by atoms with van der Waals surface area (Å²) in [5, 5.41) is 2.95. The fourth-order valence-electron chi connectivity index (χ4n) is 3.09. The van der Waals surface area contributed by atoms with Gasteiger partial charge in [-0.25, -0.2) is 0 Å². The van der Waals surface area contributed by atoms with E-state index in [1.165, 1.54) is 16.8 Å². The Kier molecular flexibility index (Phi) is 4.67. The van der Waals surface area contributed by atoms with E-state index in [4.69, 9.17) is 0 Å². The molecule has 130 valence electrons. The minimum absolute atomic E-state index is 0.105. The van der Waals surface area contributed by atoms with Crippen molar-refractivity contribution in [3.63, 3.8) is 0 Å². The van der Waals surface area contributed by atoms with Crippen LogP contribution in [0.25, 0.3) is 6.08 Å². The van der Waals surface area contributed by atoms with Crippen LogP contribution < -0.4 is 10.2 Å². The van der Waals surface area contributed by atoms with Crippen LogP contribution in [0.15, 0.2) is 48.5 Å². The van der Waals surface area contributed by atoms with Gasteiger partial charge in [-0.15, -0.1) is 0 Å². The third-order valence-electron chi connectivity index (χ3n) is 4.68. The fourth-order valence-corrected chi connectivity index (χ4v) is 3.09. The minimum atomic E-state index is -0.105. The van der Waals surface area contributed by atoms with Crippen LogP contribution in [0.5, 0.6) is 0 Å². The van der Waals surface area contributed by atoms with E-state index < -0.39 is 0 Å². The molecule has 1 heterocycles. The lowest BCUT2D eigenvalue weighted by Gasteiger charge is -2.18. The number of likely N-dealkylation sites (N-methyl/N-ethyl adjacent to an activating group) is 1. The number of amides is 1. The van der Waals surface area contributed by atoms with Gasteiger partial charge in [0.05, 0.1) is 0 Å². The molecular formula is C22H26N2O. The Hall–Kier alpha value is -2.55. The second-order valence-electron chi connectivity index (χ2n) is 7.71. The highest BCUT2D eigenvalue weighted by Gasteiger charge is 2.16. The Bertz CT molecular complexity index is 798. The van der Waals surface area contributed by atoms with Crippen molar-refractivity contribution in [2.24, 2.45) is 0 Å². The molecule has 0 bridgehead atoms. The van der Waals surface area contributed by atoms with Crippen LogP contribution in [0.2, 0.25) is 0 Å². The maximum Gasteiger partial charge on any atom is 0.248 e. The number of carbonyl (C=O) groups excluding carboxylic acids is 1. The third-order valence-corrected chi connectivity index (χ3v) is 4.68. The van der Waals surface area contributed by atoms with E-state index in [0.717, 1.165) is 24.2 Å². The first-order valence-corrected chi connectivity index (χ1v) is 8.76. The van der Waals surface area contributed by atoms with Gasteiger partial charge in [0.25, 0.3) is 0 Å². The molecule has 3 heteroatoms. The van der Waals surface area contributed by atoms with Gasteiger partial charge in [0.15, 0.2) is 0 Å². The van der Waals surface area contributed by atoms with Crippen LogP contribution in [-0.2, 0) is 16.6 Å². The quantitative estimate of drug-likeness (QED) is 0.830. The first-order chi connectivity index (χ1) is 11.8. The first-order valence-electron chi connectivity index (χ1n) is 8.76. The van der Waals surface area contributed by atoms with Crippen molar-refractivity contribution in [3.8, 4) is 0 Å². The lowest BCUT2D eigenvalue weighted by Crippen LogP contribution is -2.12. The standard InChI is InChI=1S/C22H26N2O/c1-22(2,3)18-8-5-16(6-9-18)7-12-21(25)23-19-10-11-20-17(15-19)13-14-24(20)4/h5-12,15H,13-14H2,1-4H3,(H,23,25). The molecule has 1 N–H and O–H groups in total. The Labute approximate surface area is 150 Å². The second kappa shape index (κ2) is 6.75. The minimum Gasteiger partial charge on any atom is -0.374 e. The van der Waals surface area contributed by atoms with E-state index in [-0.39, 0.29) is 11.3 Å². The van der Waals surface area contributed by atoms with Crippen molar-refractivity contribution in [1.82, 2.24) is 0 Å². The molecule has 3 nitrogen and oxygen atoms in total. The summed E-state index contributed by atoms with van der Waals surface area (Å²) >= 11 is 0. The van der Waals surface area contributed by atoms with Crippen molar-refractivity contribution < 1.29 is 4.79 Å². The molecule has 0 spiro atoms. The highest BCUT2D eigenvalue weighted by atomic mass is 16.1. The normalized spacial score (nSPS) is 14.0. The van der Waals surface area contributed by atoms with Gasteiger partial charge in [0, 0.05) is 31.0 Å². The number of benzene rings is 2. The lowest BCUT2D eigenvalue weighted by atomic mass is 9.87. The number of hydrogen-bond acceptors (Lipinski definition) is 2. The number of anilines is 2. The zero-order valence-electron chi connectivity index (χ0n) is 15.5. The average molecular weight is 334 g/mol. The Morgan fingerprint density at radius 3 is 2.52 bits per heavy atom. The maximum atomic E-state index is 12.2. The van der Waals surface area contributed by atoms with E-state index in [0.29, 0.717) is 0 Å². The van der Waals surface area contributed by atoms with E-state index in [2.05, 4.69) is 74.4 Å². The molecule has 25 heavy (non-hydrogen) atoms. The predicted molar refractivity (Wildman–Crippen MR) is 106 cm³/mol. The van der Waals surface area contributed by atoms with Gasteiger partial charge in [-0.3, -0.25) is 4.79 Å². The molecule has 0 saturated carbocycles. The monoisotopic (exact) mass is 334 g/mol. The molecule has 0 atom stereocenters. The van der Waals surface area contributed by atoms with Crippen LogP contribution in [-0.4, -0.2) is 19.5 Å². The third kappa shape index (κ3) is 4.11. The molecule has 0 saturated heterocycles. The second-order valence-corrected chi connectivity index (χ2v) is 7.71. The van der Waals surface area contributed by atoms with Gasteiger partial charge in [0.2, 0.25) is 5.91 Å². The van der Waals surface area contributed by atoms with Crippen molar-refractivity contribution in [2.45, 2.75) is 32.6 Å². The fraction of sp³-hybridized carbons (Fsp3) is 0.318. The van der Waals surface area contributed by atoms with Crippen LogP contribution in [0.4, 0.5) is 11.4 Å². The molecule has 0 aliphatic carbocycles. The van der Waals surface area contributed by atoms with Crippen LogP contribution >= 0.6 is 0 Å². The predicted octanol–water partition coefficient (Wildman–Crippen LogP) is 4.63. The highest BCUT2D eigenvalue weighted by molar-refractivity contribution is 6.02. The highest BCUT2D eigenvalue weighted by Crippen LogP contribution is 2.29. The first kappa shape index (κ1) is 17.3. The van der Waals surface area contributed by atoms with Crippen molar-refractivity contribution in [3.05, 3.63) is 65.2 Å². The number of carbonyl (C=O) groups is 1. The number of fused-ring (bicyclic) bond motifs is 1. The molecule has 1 aliphatic rings. The summed E-state index contributed by atoms with van der Waals surface area (Å²) in [5.74, 6) is -0.105. The summed E-state index contributed by atoms with van der Waals surface area (Å²) in [4.78, 5) is 14.4. The van der Waals surface area contributed by atoms with Gasteiger partial charge < -0.3 is 10.2 Å². The number of nitrogens with zero attached hydrogens (tertiary/aromatic N) is 1. The Morgan fingerprint density at radius 1 is 1.12 bits per heavy atom. The summed E-state index contributed by atoms with van der Waals surface area (Å²) in [6, 6.07) is 14.5. The topological polar surface area (TPSA) is 32.3 Å². The summed E-state index contributed by atoms with van der Waals surface area (Å²) < 4.78 is 0. The molecule has 1 aliphatic heterocycles. The van der Waals surface area contributed by atoms with Crippen molar-refractivity contribution in [1.29, 1.82) is 0 Å². The van der Waals surface area contributed by atoms with E-state index in [1.54, 1.807) is 6.08 Å². The van der Waals surface area contributed by atoms with Crippen LogP contribution in [0, 0.1) is 0 Å². The molecule has 0 fully saturated rings. The molecule has 2 aromatic carbocycles. The molecule has 0 aromatic heterocycles. The van der Waals surface area contributed by atoms with Crippen molar-refractivity contribution in [2.75, 3.05) is 23.8 Å². The largest absolute Gasteiger partial charge is 0.374 e. The lowest BCUT2D eigenvalue weighted by molar-refractivity contribution is -0.111. The maximum absolute atomic E-state index is 12.2. The number of hydrogen-bond donors (Lipinski definition) is 1. The molecule has 1 amide bonds. The molecule has 3 rings (SSSR count). The molecule has 2 aromatic rings. The average Bonchev–Trinajstić information content (AvgIpc) is 2.93. The summed E-state index contributed by atoms with van der Waals surface area (Å²) in [5.41, 5.74) is 5.86. The van der Waals surface area contributed by atoms with Crippen LogP contribution in [0.1, 0.15) is 37.5 Å². The zero-order chi connectivity index (χ0) is 18.0. The van der Waals surface area contributed by atoms with Gasteiger partial charge in [-0.05, 0) is 52.8 Å². The van der Waals surface area contributed by atoms with Crippen molar-refractivity contribution >= 4 is 23.4 Å². The summed E-state index contributed by atoms with van der Waals surface area (Å²) in [6.45, 7) is 7.62. The SMILES string of the molecule is CN1CCc2cc(NC(=O)C=Cc3ccc(C(C)(C)C)cc3)ccc21. The number of rotatable bonds is 3. The molecular weight excluding hydrogens is 308 g/mol. The summed E-state index contributed by atoms with van der Waals surface area (Å²) in [6.07, 6.45) is 4.47. The molecule has 0 unspecified atom stereocenters. The van der Waals surface area contributed by atoms with E-state index in [1.807, 2.05) is 12.1 Å². The molecule has 0 radical (unpaired) electrons. The smallest absolute Gasteiger partial charge is 0.248 e. The van der Waals surface area contributed by atoms with E-state index in [9.17, 15) is 4.79 Å². The van der Waals surface area contributed by atoms with E-state index >= 15 is 0 Å².